The third kappa shape index (κ3) is 4.34. The number of hydrogen-bond donors (Lipinski definition) is 1. The van der Waals surface area contributed by atoms with Gasteiger partial charge in [-0.25, -0.2) is 13.1 Å². The molecule has 3 aromatic rings. The number of halogens is 3. The Morgan fingerprint density at radius 1 is 0.960 bits per heavy atom. The molecular formula is C16H11Cl3N2O3S. The van der Waals surface area contributed by atoms with E-state index in [2.05, 4.69) is 9.88 Å². The van der Waals surface area contributed by atoms with Gasteiger partial charge in [-0.1, -0.05) is 52.1 Å². The zero-order valence-electron chi connectivity index (χ0n) is 12.5. The SMILES string of the molecule is O=S(=O)(NCc1cc(-c2ccc(Cl)cc2)no1)c1cc(Cl)ccc1Cl. The first-order valence-corrected chi connectivity index (χ1v) is 9.63. The first kappa shape index (κ1) is 18.2. The predicted octanol–water partition coefficient (Wildman–Crippen LogP) is 4.78. The first-order valence-electron chi connectivity index (χ1n) is 7.01. The number of aromatic nitrogens is 1. The van der Waals surface area contributed by atoms with Crippen molar-refractivity contribution in [3.8, 4) is 11.3 Å². The Morgan fingerprint density at radius 2 is 1.64 bits per heavy atom. The van der Waals surface area contributed by atoms with Crippen molar-refractivity contribution in [3.63, 3.8) is 0 Å². The third-order valence-electron chi connectivity index (χ3n) is 3.32. The molecule has 0 fully saturated rings. The number of nitrogens with one attached hydrogen (secondary N) is 1. The van der Waals surface area contributed by atoms with E-state index in [0.29, 0.717) is 16.5 Å². The second kappa shape index (κ2) is 7.35. The van der Waals surface area contributed by atoms with Gasteiger partial charge in [-0.2, -0.15) is 0 Å². The highest BCUT2D eigenvalue weighted by molar-refractivity contribution is 7.89. The van der Waals surface area contributed by atoms with E-state index in [1.54, 1.807) is 30.3 Å². The van der Waals surface area contributed by atoms with Crippen molar-refractivity contribution in [2.24, 2.45) is 0 Å². The van der Waals surface area contributed by atoms with Gasteiger partial charge in [0, 0.05) is 21.7 Å². The largest absolute Gasteiger partial charge is 0.359 e. The second-order valence-corrected chi connectivity index (χ2v) is 8.10. The monoisotopic (exact) mass is 416 g/mol. The Labute approximate surface area is 159 Å². The number of rotatable bonds is 5. The molecule has 1 aromatic heterocycles. The summed E-state index contributed by atoms with van der Waals surface area (Å²) >= 11 is 17.6. The van der Waals surface area contributed by atoms with E-state index >= 15 is 0 Å². The van der Waals surface area contributed by atoms with Crippen LogP contribution < -0.4 is 4.72 Å². The molecule has 0 saturated heterocycles. The number of benzene rings is 2. The van der Waals surface area contributed by atoms with Crippen molar-refractivity contribution in [3.05, 3.63) is 69.4 Å². The lowest BCUT2D eigenvalue weighted by molar-refractivity contribution is 0.382. The van der Waals surface area contributed by atoms with Crippen LogP contribution in [0.1, 0.15) is 5.76 Å². The van der Waals surface area contributed by atoms with E-state index in [1.807, 2.05) is 0 Å². The Kier molecular flexibility index (Phi) is 5.36. The van der Waals surface area contributed by atoms with Crippen LogP contribution in [0.4, 0.5) is 0 Å². The summed E-state index contributed by atoms with van der Waals surface area (Å²) in [5.41, 5.74) is 1.38. The van der Waals surface area contributed by atoms with Gasteiger partial charge in [0.15, 0.2) is 5.76 Å². The van der Waals surface area contributed by atoms with Crippen LogP contribution in [0.25, 0.3) is 11.3 Å². The van der Waals surface area contributed by atoms with Gasteiger partial charge >= 0.3 is 0 Å². The van der Waals surface area contributed by atoms with Crippen molar-refractivity contribution in [1.82, 2.24) is 9.88 Å². The standard InChI is InChI=1S/C16H11Cl3N2O3S/c17-11-3-1-10(2-4-11)15-8-13(24-21-15)9-20-25(22,23)16-7-12(18)5-6-14(16)19/h1-8,20H,9H2. The van der Waals surface area contributed by atoms with Gasteiger partial charge in [0.1, 0.15) is 10.6 Å². The summed E-state index contributed by atoms with van der Waals surface area (Å²) in [5, 5.41) is 4.88. The lowest BCUT2D eigenvalue weighted by atomic mass is 10.1. The zero-order valence-corrected chi connectivity index (χ0v) is 15.6. The number of nitrogens with zero attached hydrogens (tertiary/aromatic N) is 1. The topological polar surface area (TPSA) is 72.2 Å². The van der Waals surface area contributed by atoms with Crippen LogP contribution in [0, 0.1) is 0 Å². The van der Waals surface area contributed by atoms with Crippen molar-refractivity contribution < 1.29 is 12.9 Å². The quantitative estimate of drug-likeness (QED) is 0.648. The molecule has 0 radical (unpaired) electrons. The predicted molar refractivity (Wildman–Crippen MR) is 97.4 cm³/mol. The minimum Gasteiger partial charge on any atom is -0.359 e. The van der Waals surface area contributed by atoms with Crippen LogP contribution in [0.5, 0.6) is 0 Å². The highest BCUT2D eigenvalue weighted by Gasteiger charge is 2.19. The van der Waals surface area contributed by atoms with Gasteiger partial charge in [0.25, 0.3) is 0 Å². The molecule has 0 aliphatic heterocycles. The Balaban J connectivity index is 1.75. The number of hydrogen-bond acceptors (Lipinski definition) is 4. The molecule has 2 aromatic carbocycles. The molecule has 0 unspecified atom stereocenters. The average molecular weight is 418 g/mol. The summed E-state index contributed by atoms with van der Waals surface area (Å²) in [6, 6.07) is 12.9. The normalized spacial score (nSPS) is 11.6. The van der Waals surface area contributed by atoms with Gasteiger partial charge < -0.3 is 4.52 Å². The summed E-state index contributed by atoms with van der Waals surface area (Å²) in [6.07, 6.45) is 0. The van der Waals surface area contributed by atoms with Gasteiger partial charge in [0.2, 0.25) is 10.0 Å². The van der Waals surface area contributed by atoms with Gasteiger partial charge in [0.05, 0.1) is 11.6 Å². The fourth-order valence-electron chi connectivity index (χ4n) is 2.08. The van der Waals surface area contributed by atoms with Crippen LogP contribution in [0.2, 0.25) is 15.1 Å². The maximum absolute atomic E-state index is 12.4. The Bertz CT molecular complexity index is 1000. The number of sulfonamides is 1. The summed E-state index contributed by atoms with van der Waals surface area (Å²) in [4.78, 5) is -0.0980. The molecule has 3 rings (SSSR count). The molecule has 0 saturated carbocycles. The van der Waals surface area contributed by atoms with Crippen molar-refractivity contribution >= 4 is 44.8 Å². The van der Waals surface area contributed by atoms with E-state index in [0.717, 1.165) is 5.56 Å². The van der Waals surface area contributed by atoms with E-state index in [9.17, 15) is 8.42 Å². The van der Waals surface area contributed by atoms with Crippen LogP contribution in [-0.2, 0) is 16.6 Å². The van der Waals surface area contributed by atoms with Crippen LogP contribution in [-0.4, -0.2) is 13.6 Å². The maximum Gasteiger partial charge on any atom is 0.242 e. The maximum atomic E-state index is 12.4. The molecule has 1 N–H and O–H groups in total. The highest BCUT2D eigenvalue weighted by Crippen LogP contribution is 2.25. The smallest absolute Gasteiger partial charge is 0.242 e. The molecule has 130 valence electrons. The lowest BCUT2D eigenvalue weighted by Gasteiger charge is -2.07. The average Bonchev–Trinajstić information content (AvgIpc) is 3.05. The van der Waals surface area contributed by atoms with Gasteiger partial charge in [-0.15, -0.1) is 0 Å². The fourth-order valence-corrected chi connectivity index (χ4v) is 3.96. The molecule has 0 aliphatic rings. The molecule has 0 aliphatic carbocycles. The molecule has 0 spiro atoms. The molecule has 0 bridgehead atoms. The van der Waals surface area contributed by atoms with Crippen molar-refractivity contribution in [1.29, 1.82) is 0 Å². The molecule has 0 atom stereocenters. The molecule has 5 nitrogen and oxygen atoms in total. The van der Waals surface area contributed by atoms with E-state index < -0.39 is 10.0 Å². The molecule has 25 heavy (non-hydrogen) atoms. The molecular weight excluding hydrogens is 407 g/mol. The van der Waals surface area contributed by atoms with Crippen LogP contribution in [0.15, 0.2) is 57.9 Å². The zero-order chi connectivity index (χ0) is 18.0. The van der Waals surface area contributed by atoms with Gasteiger partial charge in [-0.3, -0.25) is 0 Å². The van der Waals surface area contributed by atoms with E-state index in [-0.39, 0.29) is 21.5 Å². The summed E-state index contributed by atoms with van der Waals surface area (Å²) in [6.45, 7) is -0.0776. The van der Waals surface area contributed by atoms with Crippen LogP contribution >= 0.6 is 34.8 Å². The second-order valence-electron chi connectivity index (χ2n) is 5.08. The Morgan fingerprint density at radius 3 is 2.36 bits per heavy atom. The summed E-state index contributed by atoms with van der Waals surface area (Å²) in [7, 11) is -3.84. The fraction of sp³-hybridized carbons (Fsp3) is 0.0625. The molecule has 1 heterocycles. The van der Waals surface area contributed by atoms with E-state index in [1.165, 1.54) is 18.2 Å². The van der Waals surface area contributed by atoms with Crippen molar-refractivity contribution in [2.45, 2.75) is 11.4 Å². The first-order chi connectivity index (χ1) is 11.8. The van der Waals surface area contributed by atoms with Gasteiger partial charge in [-0.05, 0) is 30.3 Å². The Hall–Kier alpha value is -1.57. The highest BCUT2D eigenvalue weighted by atomic mass is 35.5. The van der Waals surface area contributed by atoms with Crippen molar-refractivity contribution in [2.75, 3.05) is 0 Å². The lowest BCUT2D eigenvalue weighted by Crippen LogP contribution is -2.23. The minimum atomic E-state index is -3.84. The van der Waals surface area contributed by atoms with Crippen LogP contribution in [0.3, 0.4) is 0 Å². The molecule has 0 amide bonds. The van der Waals surface area contributed by atoms with E-state index in [4.69, 9.17) is 39.3 Å². The third-order valence-corrected chi connectivity index (χ3v) is 5.69. The summed E-state index contributed by atoms with van der Waals surface area (Å²) in [5.74, 6) is 0.353. The molecule has 9 heteroatoms. The summed E-state index contributed by atoms with van der Waals surface area (Å²) < 4.78 is 32.3. The minimum absolute atomic E-state index is 0.0776.